The van der Waals surface area contributed by atoms with E-state index in [1.807, 2.05) is 6.07 Å². The lowest BCUT2D eigenvalue weighted by molar-refractivity contribution is -0.156. The third-order valence-electron chi connectivity index (χ3n) is 3.12. The molecule has 1 aromatic carbocycles. The Morgan fingerprint density at radius 1 is 1.25 bits per heavy atom. The van der Waals surface area contributed by atoms with Gasteiger partial charge in [0.05, 0.1) is 13.2 Å². The minimum absolute atomic E-state index is 0.457. The molecule has 4 heteroatoms. The van der Waals surface area contributed by atoms with Crippen molar-refractivity contribution in [2.75, 3.05) is 13.2 Å². The number of aliphatic hydroxyl groups is 2. The van der Waals surface area contributed by atoms with Crippen molar-refractivity contribution in [3.05, 3.63) is 35.9 Å². The summed E-state index contributed by atoms with van der Waals surface area (Å²) in [5, 5.41) is 27.6. The van der Waals surface area contributed by atoms with Gasteiger partial charge >= 0.3 is 5.97 Å². The summed E-state index contributed by atoms with van der Waals surface area (Å²) in [7, 11) is 0. The molecule has 0 heterocycles. The first-order chi connectivity index (χ1) is 7.58. The van der Waals surface area contributed by atoms with Crippen molar-refractivity contribution in [2.45, 2.75) is 12.8 Å². The molecule has 0 amide bonds. The van der Waals surface area contributed by atoms with Gasteiger partial charge in [0, 0.05) is 5.92 Å². The van der Waals surface area contributed by atoms with E-state index in [-0.39, 0.29) is 0 Å². The summed E-state index contributed by atoms with van der Waals surface area (Å²) in [5.74, 6) is -1.64. The number of hydrogen-bond donors (Lipinski definition) is 3. The largest absolute Gasteiger partial charge is 0.481 e. The standard InChI is InChI=1S/C12H16O4/c1-9(10-5-3-2-4-6-10)12(7-13,8-14)11(15)16/h2-6,9,13-14H,7-8H2,1H3,(H,15,16)/t9-/m0/s1. The quantitative estimate of drug-likeness (QED) is 0.692. The van der Waals surface area contributed by atoms with Gasteiger partial charge in [-0.25, -0.2) is 0 Å². The van der Waals surface area contributed by atoms with Crippen LogP contribution < -0.4 is 0 Å². The van der Waals surface area contributed by atoms with Crippen molar-refractivity contribution in [1.82, 2.24) is 0 Å². The number of aliphatic hydroxyl groups excluding tert-OH is 2. The molecular weight excluding hydrogens is 208 g/mol. The van der Waals surface area contributed by atoms with Crippen LogP contribution in [0.4, 0.5) is 0 Å². The topological polar surface area (TPSA) is 77.8 Å². The minimum Gasteiger partial charge on any atom is -0.481 e. The molecule has 0 saturated heterocycles. The highest BCUT2D eigenvalue weighted by molar-refractivity contribution is 5.76. The Labute approximate surface area is 94.2 Å². The highest BCUT2D eigenvalue weighted by atomic mass is 16.4. The van der Waals surface area contributed by atoms with Gasteiger partial charge in [0.25, 0.3) is 0 Å². The zero-order valence-electron chi connectivity index (χ0n) is 9.13. The smallest absolute Gasteiger partial charge is 0.314 e. The molecule has 0 saturated carbocycles. The molecule has 3 N–H and O–H groups in total. The molecule has 0 aliphatic carbocycles. The molecule has 0 fully saturated rings. The second kappa shape index (κ2) is 5.09. The average Bonchev–Trinajstić information content (AvgIpc) is 2.32. The van der Waals surface area contributed by atoms with Gasteiger partial charge in [0.2, 0.25) is 0 Å². The molecule has 0 spiro atoms. The average molecular weight is 224 g/mol. The monoisotopic (exact) mass is 224 g/mol. The van der Waals surface area contributed by atoms with E-state index in [9.17, 15) is 15.0 Å². The molecule has 0 aliphatic rings. The van der Waals surface area contributed by atoms with Crippen LogP contribution in [-0.4, -0.2) is 34.5 Å². The molecule has 1 aromatic rings. The van der Waals surface area contributed by atoms with Crippen molar-refractivity contribution in [3.8, 4) is 0 Å². The molecule has 88 valence electrons. The van der Waals surface area contributed by atoms with Crippen LogP contribution in [0.25, 0.3) is 0 Å². The van der Waals surface area contributed by atoms with Crippen LogP contribution in [0.3, 0.4) is 0 Å². The fourth-order valence-corrected chi connectivity index (χ4v) is 1.71. The molecule has 0 radical (unpaired) electrons. The summed E-state index contributed by atoms with van der Waals surface area (Å²) in [6.07, 6.45) is 0. The van der Waals surface area contributed by atoms with E-state index in [0.717, 1.165) is 5.56 Å². The van der Waals surface area contributed by atoms with E-state index in [2.05, 4.69) is 0 Å². The third-order valence-corrected chi connectivity index (χ3v) is 3.12. The fraction of sp³-hybridized carbons (Fsp3) is 0.417. The first kappa shape index (κ1) is 12.7. The van der Waals surface area contributed by atoms with Crippen LogP contribution in [0.2, 0.25) is 0 Å². The van der Waals surface area contributed by atoms with E-state index in [4.69, 9.17) is 5.11 Å². The molecule has 0 bridgehead atoms. The lowest BCUT2D eigenvalue weighted by Crippen LogP contribution is -2.43. The van der Waals surface area contributed by atoms with Crippen LogP contribution in [0.15, 0.2) is 30.3 Å². The van der Waals surface area contributed by atoms with Crippen LogP contribution in [-0.2, 0) is 4.79 Å². The van der Waals surface area contributed by atoms with E-state index in [0.29, 0.717) is 0 Å². The summed E-state index contributed by atoms with van der Waals surface area (Å²) < 4.78 is 0. The zero-order valence-corrected chi connectivity index (χ0v) is 9.13. The molecule has 0 aromatic heterocycles. The van der Waals surface area contributed by atoms with E-state index in [1.165, 1.54) is 0 Å². The molecule has 0 unspecified atom stereocenters. The zero-order chi connectivity index (χ0) is 12.2. The van der Waals surface area contributed by atoms with Gasteiger partial charge in [-0.05, 0) is 5.56 Å². The van der Waals surface area contributed by atoms with Crippen LogP contribution in [0.1, 0.15) is 18.4 Å². The second-order valence-electron chi connectivity index (χ2n) is 3.91. The lowest BCUT2D eigenvalue weighted by Gasteiger charge is -2.31. The van der Waals surface area contributed by atoms with Gasteiger partial charge in [-0.2, -0.15) is 0 Å². The van der Waals surface area contributed by atoms with E-state index in [1.54, 1.807) is 31.2 Å². The van der Waals surface area contributed by atoms with Gasteiger partial charge in [0.15, 0.2) is 0 Å². The Hall–Kier alpha value is -1.39. The number of rotatable bonds is 5. The number of aliphatic carboxylic acids is 1. The van der Waals surface area contributed by atoms with E-state index >= 15 is 0 Å². The van der Waals surface area contributed by atoms with E-state index < -0.39 is 30.5 Å². The summed E-state index contributed by atoms with van der Waals surface area (Å²) >= 11 is 0. The normalized spacial score (nSPS) is 13.4. The molecule has 1 atom stereocenters. The number of carboxylic acids is 1. The van der Waals surface area contributed by atoms with Crippen LogP contribution in [0, 0.1) is 5.41 Å². The number of carbonyl (C=O) groups is 1. The Kier molecular flexibility index (Phi) is 4.04. The first-order valence-corrected chi connectivity index (χ1v) is 5.08. The maximum absolute atomic E-state index is 11.2. The van der Waals surface area contributed by atoms with Gasteiger partial charge in [0.1, 0.15) is 5.41 Å². The summed E-state index contributed by atoms with van der Waals surface area (Å²) in [6, 6.07) is 9.00. The maximum Gasteiger partial charge on any atom is 0.314 e. The van der Waals surface area contributed by atoms with Crippen molar-refractivity contribution in [3.63, 3.8) is 0 Å². The third kappa shape index (κ3) is 2.08. The Balaban J connectivity index is 3.10. The number of hydrogen-bond acceptors (Lipinski definition) is 3. The summed E-state index contributed by atoms with van der Waals surface area (Å²) in [6.45, 7) is 0.514. The maximum atomic E-state index is 11.2. The van der Waals surface area contributed by atoms with Crippen LogP contribution >= 0.6 is 0 Å². The van der Waals surface area contributed by atoms with Crippen LogP contribution in [0.5, 0.6) is 0 Å². The van der Waals surface area contributed by atoms with Crippen molar-refractivity contribution in [2.24, 2.45) is 5.41 Å². The second-order valence-corrected chi connectivity index (χ2v) is 3.91. The lowest BCUT2D eigenvalue weighted by atomic mass is 9.74. The van der Waals surface area contributed by atoms with Gasteiger partial charge in [-0.3, -0.25) is 4.79 Å². The molecule has 4 nitrogen and oxygen atoms in total. The predicted molar refractivity (Wildman–Crippen MR) is 59.1 cm³/mol. The SMILES string of the molecule is C[C@@H](c1ccccc1)C(CO)(CO)C(=O)O. The Bertz CT molecular complexity index is 343. The molecule has 0 aliphatic heterocycles. The van der Waals surface area contributed by atoms with Crippen molar-refractivity contribution in [1.29, 1.82) is 0 Å². The summed E-state index contributed by atoms with van der Waals surface area (Å²) in [4.78, 5) is 11.2. The Morgan fingerprint density at radius 2 is 1.75 bits per heavy atom. The first-order valence-electron chi connectivity index (χ1n) is 5.08. The fourth-order valence-electron chi connectivity index (χ4n) is 1.71. The number of carboxylic acid groups (broad SMARTS) is 1. The molecule has 1 rings (SSSR count). The summed E-state index contributed by atoms with van der Waals surface area (Å²) in [5.41, 5.74) is -0.741. The molecule has 16 heavy (non-hydrogen) atoms. The predicted octanol–water partition coefficient (Wildman–Crippen LogP) is 0.846. The highest BCUT2D eigenvalue weighted by Crippen LogP contribution is 2.35. The van der Waals surface area contributed by atoms with Gasteiger partial charge < -0.3 is 15.3 Å². The van der Waals surface area contributed by atoms with Crippen molar-refractivity contribution >= 4 is 5.97 Å². The van der Waals surface area contributed by atoms with Gasteiger partial charge in [-0.15, -0.1) is 0 Å². The van der Waals surface area contributed by atoms with Gasteiger partial charge in [-0.1, -0.05) is 37.3 Å². The minimum atomic E-state index is -1.53. The highest BCUT2D eigenvalue weighted by Gasteiger charge is 2.43. The van der Waals surface area contributed by atoms with Crippen molar-refractivity contribution < 1.29 is 20.1 Å². The Morgan fingerprint density at radius 3 is 2.12 bits per heavy atom. The number of benzene rings is 1. The molecular formula is C12H16O4.